The van der Waals surface area contributed by atoms with Crippen LogP contribution in [-0.2, 0) is 0 Å². The first-order chi connectivity index (χ1) is 3.30. The van der Waals surface area contributed by atoms with Crippen LogP contribution in [0.5, 0.6) is 11.5 Å². The van der Waals surface area contributed by atoms with Crippen LogP contribution < -0.4 is 0 Å². The second kappa shape index (κ2) is 2.79. The maximum Gasteiger partial charge on any atom is 0.168 e. The molecule has 0 amide bonds. The average molecular weight is 153 g/mol. The molecule has 0 saturated carbocycles. The van der Waals surface area contributed by atoms with Crippen molar-refractivity contribution in [3.8, 4) is 11.5 Å². The molecule has 0 saturated heterocycles. The molecule has 2 nitrogen and oxygen atoms in total. The van der Waals surface area contributed by atoms with E-state index in [2.05, 4.69) is 0 Å². The van der Waals surface area contributed by atoms with Gasteiger partial charge in [0.05, 0.1) is 0 Å². The van der Waals surface area contributed by atoms with Crippen molar-refractivity contribution in [2.75, 3.05) is 0 Å². The lowest BCUT2D eigenvalue weighted by molar-refractivity contribution is 0.407. The Kier molecular flexibility index (Phi) is 2.65. The third kappa shape index (κ3) is 1.28. The number of thiophene rings is 1. The summed E-state index contributed by atoms with van der Waals surface area (Å²) < 4.78 is 0. The van der Waals surface area contributed by atoms with Gasteiger partial charge in [0.1, 0.15) is 0 Å². The summed E-state index contributed by atoms with van der Waals surface area (Å²) in [5.74, 6) is -0.0741. The van der Waals surface area contributed by atoms with Crippen LogP contribution >= 0.6 is 23.7 Å². The third-order valence-corrected chi connectivity index (χ3v) is 1.34. The Bertz CT molecular complexity index is 146. The largest absolute Gasteiger partial charge is 0.504 e. The van der Waals surface area contributed by atoms with Gasteiger partial charge < -0.3 is 10.2 Å². The van der Waals surface area contributed by atoms with Gasteiger partial charge in [-0.1, -0.05) is 0 Å². The fourth-order valence-corrected chi connectivity index (χ4v) is 0.851. The zero-order chi connectivity index (χ0) is 5.28. The van der Waals surface area contributed by atoms with Gasteiger partial charge in [0, 0.05) is 10.8 Å². The number of hydrogen-bond acceptors (Lipinski definition) is 3. The van der Waals surface area contributed by atoms with E-state index in [0.717, 1.165) is 0 Å². The van der Waals surface area contributed by atoms with Crippen LogP contribution in [0.4, 0.5) is 0 Å². The lowest BCUT2D eigenvalue weighted by atomic mass is 10.6. The molecule has 0 aliphatic carbocycles. The maximum absolute atomic E-state index is 8.52. The van der Waals surface area contributed by atoms with E-state index in [4.69, 9.17) is 10.2 Å². The number of rotatable bonds is 0. The molecule has 0 spiro atoms. The van der Waals surface area contributed by atoms with Crippen LogP contribution in [0.25, 0.3) is 0 Å². The standard InChI is InChI=1S/C4H4O2S.ClH/c5-3-1-7-2-4(3)6;/h1-2,5-6H;1H. The summed E-state index contributed by atoms with van der Waals surface area (Å²) in [6.07, 6.45) is 0. The van der Waals surface area contributed by atoms with Crippen molar-refractivity contribution < 1.29 is 10.2 Å². The van der Waals surface area contributed by atoms with Crippen LogP contribution in [-0.4, -0.2) is 10.2 Å². The van der Waals surface area contributed by atoms with Crippen LogP contribution in [0.15, 0.2) is 10.8 Å². The van der Waals surface area contributed by atoms with Crippen molar-refractivity contribution in [3.63, 3.8) is 0 Å². The van der Waals surface area contributed by atoms with Gasteiger partial charge in [-0.25, -0.2) is 0 Å². The Labute approximate surface area is 56.8 Å². The van der Waals surface area contributed by atoms with Gasteiger partial charge in [0.2, 0.25) is 0 Å². The van der Waals surface area contributed by atoms with Crippen molar-refractivity contribution in [2.24, 2.45) is 0 Å². The first kappa shape index (κ1) is 7.59. The van der Waals surface area contributed by atoms with Crippen molar-refractivity contribution >= 4 is 23.7 Å². The highest BCUT2D eigenvalue weighted by atomic mass is 35.5. The van der Waals surface area contributed by atoms with E-state index in [1.54, 1.807) is 0 Å². The molecule has 0 aromatic carbocycles. The molecule has 1 aromatic rings. The Morgan fingerprint density at radius 1 is 1.12 bits per heavy atom. The molecule has 2 N–H and O–H groups in total. The summed E-state index contributed by atoms with van der Waals surface area (Å²) in [5.41, 5.74) is 0. The molecular weight excluding hydrogens is 148 g/mol. The van der Waals surface area contributed by atoms with Crippen LogP contribution in [0.3, 0.4) is 0 Å². The van der Waals surface area contributed by atoms with Gasteiger partial charge in [-0.15, -0.1) is 23.7 Å². The average Bonchev–Trinajstić information content (AvgIpc) is 1.91. The Balaban J connectivity index is 0.000000490. The van der Waals surface area contributed by atoms with Gasteiger partial charge in [0.25, 0.3) is 0 Å². The highest BCUT2D eigenvalue weighted by Crippen LogP contribution is 2.27. The summed E-state index contributed by atoms with van der Waals surface area (Å²) in [4.78, 5) is 0. The Morgan fingerprint density at radius 3 is 1.62 bits per heavy atom. The van der Waals surface area contributed by atoms with Crippen molar-refractivity contribution in [1.29, 1.82) is 0 Å². The summed E-state index contributed by atoms with van der Waals surface area (Å²) in [7, 11) is 0. The molecular formula is C4H5ClO2S. The van der Waals surface area contributed by atoms with E-state index >= 15 is 0 Å². The molecule has 8 heavy (non-hydrogen) atoms. The van der Waals surface area contributed by atoms with E-state index < -0.39 is 0 Å². The minimum Gasteiger partial charge on any atom is -0.504 e. The topological polar surface area (TPSA) is 40.5 Å². The quantitative estimate of drug-likeness (QED) is 0.593. The third-order valence-electron chi connectivity index (χ3n) is 0.622. The number of halogens is 1. The highest BCUT2D eigenvalue weighted by molar-refractivity contribution is 7.08. The van der Waals surface area contributed by atoms with E-state index in [9.17, 15) is 0 Å². The SMILES string of the molecule is Cl.Oc1cscc1O. The molecule has 0 bridgehead atoms. The fraction of sp³-hybridized carbons (Fsp3) is 0. The molecule has 4 heteroatoms. The molecule has 0 fully saturated rings. The summed E-state index contributed by atoms with van der Waals surface area (Å²) in [5, 5.41) is 20.0. The summed E-state index contributed by atoms with van der Waals surface area (Å²) >= 11 is 1.27. The molecule has 0 unspecified atom stereocenters. The second-order valence-electron chi connectivity index (χ2n) is 1.14. The van der Waals surface area contributed by atoms with Crippen molar-refractivity contribution in [3.05, 3.63) is 10.8 Å². The molecule has 0 atom stereocenters. The molecule has 0 radical (unpaired) electrons. The van der Waals surface area contributed by atoms with Gasteiger partial charge in [-0.2, -0.15) is 0 Å². The second-order valence-corrected chi connectivity index (χ2v) is 1.89. The lowest BCUT2D eigenvalue weighted by Crippen LogP contribution is -1.50. The highest BCUT2D eigenvalue weighted by Gasteiger charge is 1.93. The van der Waals surface area contributed by atoms with E-state index in [-0.39, 0.29) is 23.9 Å². The minimum absolute atomic E-state index is 0. The van der Waals surface area contributed by atoms with E-state index in [0.29, 0.717) is 0 Å². The molecule has 1 rings (SSSR count). The predicted octanol–water partition coefficient (Wildman–Crippen LogP) is 1.58. The maximum atomic E-state index is 8.52. The van der Waals surface area contributed by atoms with Crippen molar-refractivity contribution in [1.82, 2.24) is 0 Å². The monoisotopic (exact) mass is 152 g/mol. The zero-order valence-corrected chi connectivity index (χ0v) is 5.50. The number of hydrogen-bond donors (Lipinski definition) is 2. The molecule has 1 heterocycles. The number of aromatic hydroxyl groups is 2. The van der Waals surface area contributed by atoms with Crippen LogP contribution in [0.2, 0.25) is 0 Å². The van der Waals surface area contributed by atoms with Gasteiger partial charge in [0.15, 0.2) is 11.5 Å². The molecule has 46 valence electrons. The van der Waals surface area contributed by atoms with Gasteiger partial charge in [-0.3, -0.25) is 0 Å². The first-order valence-corrected chi connectivity index (χ1v) is 2.69. The van der Waals surface area contributed by atoms with Crippen molar-refractivity contribution in [2.45, 2.75) is 0 Å². The predicted molar refractivity (Wildman–Crippen MR) is 34.9 cm³/mol. The van der Waals surface area contributed by atoms with E-state index in [1.165, 1.54) is 22.1 Å². The Morgan fingerprint density at radius 2 is 1.50 bits per heavy atom. The smallest absolute Gasteiger partial charge is 0.168 e. The minimum atomic E-state index is -0.0370. The Hall–Kier alpha value is -0.410. The van der Waals surface area contributed by atoms with Crippen LogP contribution in [0.1, 0.15) is 0 Å². The normalized spacial score (nSPS) is 8.00. The fourth-order valence-electron chi connectivity index (χ4n) is 0.284. The first-order valence-electron chi connectivity index (χ1n) is 1.75. The van der Waals surface area contributed by atoms with E-state index in [1.807, 2.05) is 0 Å². The lowest BCUT2D eigenvalue weighted by Gasteiger charge is -1.79. The molecule has 1 aromatic heterocycles. The van der Waals surface area contributed by atoms with Gasteiger partial charge >= 0.3 is 0 Å². The van der Waals surface area contributed by atoms with Crippen LogP contribution in [0, 0.1) is 0 Å². The van der Waals surface area contributed by atoms with Gasteiger partial charge in [-0.05, 0) is 0 Å². The molecule has 0 aliphatic heterocycles. The summed E-state index contributed by atoms with van der Waals surface area (Å²) in [6, 6.07) is 0. The zero-order valence-electron chi connectivity index (χ0n) is 3.87. The summed E-state index contributed by atoms with van der Waals surface area (Å²) in [6.45, 7) is 0. The molecule has 0 aliphatic rings.